The average Bonchev–Trinajstić information content (AvgIpc) is 3.10. The van der Waals surface area contributed by atoms with Gasteiger partial charge in [0.15, 0.2) is 11.6 Å². The molecule has 0 spiro atoms. The first kappa shape index (κ1) is 41.2. The van der Waals surface area contributed by atoms with Gasteiger partial charge < -0.3 is 37.9 Å². The lowest BCUT2D eigenvalue weighted by Crippen LogP contribution is -2.27. The molecular weight excluding hydrogens is 619 g/mol. The van der Waals surface area contributed by atoms with E-state index in [9.17, 15) is 9.18 Å². The van der Waals surface area contributed by atoms with Crippen molar-refractivity contribution in [1.82, 2.24) is 0 Å². The van der Waals surface area contributed by atoms with Gasteiger partial charge in [0.05, 0.1) is 59.5 Å². The van der Waals surface area contributed by atoms with E-state index in [1.807, 2.05) is 44.2 Å². The van der Waals surface area contributed by atoms with Crippen LogP contribution in [0, 0.1) is 5.82 Å². The summed E-state index contributed by atoms with van der Waals surface area (Å²) >= 11 is 0. The Kier molecular flexibility index (Phi) is 23.9. The van der Waals surface area contributed by atoms with E-state index in [1.54, 1.807) is 6.07 Å². The molecule has 1 atom stereocenters. The number of hydrogen-bond acceptors (Lipinski definition) is 9. The Balaban J connectivity index is 1.54. The highest BCUT2D eigenvalue weighted by Gasteiger charge is 2.10. The zero-order chi connectivity index (χ0) is 34.5. The summed E-state index contributed by atoms with van der Waals surface area (Å²) in [6.07, 6.45) is 8.51. The Morgan fingerprint density at radius 3 is 1.96 bits per heavy atom. The normalized spacial score (nSPS) is 11.7. The zero-order valence-corrected chi connectivity index (χ0v) is 29.1. The molecule has 0 N–H and O–H groups in total. The summed E-state index contributed by atoms with van der Waals surface area (Å²) in [5.41, 5.74) is 1.69. The van der Waals surface area contributed by atoms with E-state index in [1.165, 1.54) is 6.07 Å². The van der Waals surface area contributed by atoms with Crippen LogP contribution in [0.5, 0.6) is 11.5 Å². The summed E-state index contributed by atoms with van der Waals surface area (Å²) in [7, 11) is 0. The molecule has 48 heavy (non-hydrogen) atoms. The Bertz CT molecular complexity index is 1100. The van der Waals surface area contributed by atoms with Crippen molar-refractivity contribution in [3.8, 4) is 22.6 Å². The number of hydrogen-bond donors (Lipinski definition) is 0. The van der Waals surface area contributed by atoms with E-state index in [2.05, 4.69) is 6.58 Å². The second kappa shape index (κ2) is 27.9. The minimum absolute atomic E-state index is 0.103. The van der Waals surface area contributed by atoms with Gasteiger partial charge in [-0.25, -0.2) is 9.18 Å². The van der Waals surface area contributed by atoms with E-state index in [4.69, 9.17) is 37.9 Å². The molecule has 0 aliphatic heterocycles. The standard InChI is InChI=1S/C38H57FO9/c1-4-38(40)48-24-14-10-9-13-23-47-37-20-17-33(29-36(37)39)32-15-18-34(19-16-32)45-22-12-8-7-11-21-44-31-35(30-42-6-3)46-28-27-43-26-25-41-5-2/h4,15-20,29,35H,1,5-14,21-28,30-31H2,2-3H3. The number of unbranched alkanes of at least 4 members (excludes halogenated alkanes) is 6. The summed E-state index contributed by atoms with van der Waals surface area (Å²) in [5.74, 6) is 0.250. The summed E-state index contributed by atoms with van der Waals surface area (Å²) in [4.78, 5) is 11.0. The Morgan fingerprint density at radius 1 is 0.667 bits per heavy atom. The minimum Gasteiger partial charge on any atom is -0.494 e. The number of carbonyl (C=O) groups excluding carboxylic acids is 1. The van der Waals surface area contributed by atoms with E-state index in [0.717, 1.165) is 74.3 Å². The van der Waals surface area contributed by atoms with Crippen molar-refractivity contribution in [2.75, 3.05) is 79.3 Å². The molecule has 10 heteroatoms. The molecule has 0 fully saturated rings. The molecule has 0 aliphatic carbocycles. The molecular formula is C38H57FO9. The Hall–Kier alpha value is -3.02. The molecule has 2 aromatic rings. The topological polar surface area (TPSA) is 90.9 Å². The van der Waals surface area contributed by atoms with Crippen LogP contribution in [0.1, 0.15) is 65.2 Å². The van der Waals surface area contributed by atoms with Crippen LogP contribution in [0.2, 0.25) is 0 Å². The lowest BCUT2D eigenvalue weighted by atomic mass is 10.1. The quantitative estimate of drug-likeness (QED) is 0.0455. The predicted molar refractivity (Wildman–Crippen MR) is 185 cm³/mol. The molecule has 2 aromatic carbocycles. The maximum absolute atomic E-state index is 14.7. The molecule has 0 amide bonds. The van der Waals surface area contributed by atoms with Gasteiger partial charge in [0.25, 0.3) is 0 Å². The highest BCUT2D eigenvalue weighted by atomic mass is 19.1. The van der Waals surface area contributed by atoms with Crippen LogP contribution in [0.4, 0.5) is 4.39 Å². The Morgan fingerprint density at radius 2 is 1.27 bits per heavy atom. The average molecular weight is 677 g/mol. The lowest BCUT2D eigenvalue weighted by molar-refractivity contribution is -0.137. The van der Waals surface area contributed by atoms with Crippen LogP contribution in [0.25, 0.3) is 11.1 Å². The molecule has 0 aromatic heterocycles. The van der Waals surface area contributed by atoms with Gasteiger partial charge in [-0.2, -0.15) is 0 Å². The molecule has 9 nitrogen and oxygen atoms in total. The first-order chi connectivity index (χ1) is 23.6. The molecule has 0 aliphatic rings. The van der Waals surface area contributed by atoms with Crippen molar-refractivity contribution in [3.63, 3.8) is 0 Å². The van der Waals surface area contributed by atoms with Crippen molar-refractivity contribution in [3.05, 3.63) is 60.9 Å². The van der Waals surface area contributed by atoms with E-state index in [-0.39, 0.29) is 17.7 Å². The van der Waals surface area contributed by atoms with Crippen molar-refractivity contribution in [2.24, 2.45) is 0 Å². The van der Waals surface area contributed by atoms with E-state index in [0.29, 0.717) is 79.3 Å². The summed E-state index contributed by atoms with van der Waals surface area (Å²) in [6.45, 7) is 14.0. The van der Waals surface area contributed by atoms with Crippen molar-refractivity contribution in [1.29, 1.82) is 0 Å². The van der Waals surface area contributed by atoms with Gasteiger partial charge in [0.2, 0.25) is 0 Å². The lowest BCUT2D eigenvalue weighted by Gasteiger charge is -2.18. The van der Waals surface area contributed by atoms with Crippen LogP contribution < -0.4 is 9.47 Å². The second-order valence-electron chi connectivity index (χ2n) is 11.1. The molecule has 0 radical (unpaired) electrons. The second-order valence-corrected chi connectivity index (χ2v) is 11.1. The van der Waals surface area contributed by atoms with Crippen LogP contribution in [-0.2, 0) is 33.2 Å². The number of halogens is 1. The monoisotopic (exact) mass is 676 g/mol. The maximum Gasteiger partial charge on any atom is 0.330 e. The van der Waals surface area contributed by atoms with Gasteiger partial charge in [-0.3, -0.25) is 0 Å². The number of rotatable bonds is 31. The smallest absolute Gasteiger partial charge is 0.330 e. The minimum atomic E-state index is -0.403. The van der Waals surface area contributed by atoms with Crippen LogP contribution in [0.3, 0.4) is 0 Å². The Labute approximate surface area is 287 Å². The first-order valence-electron chi connectivity index (χ1n) is 17.4. The van der Waals surface area contributed by atoms with E-state index >= 15 is 0 Å². The fraction of sp³-hybridized carbons (Fsp3) is 0.605. The molecule has 1 unspecified atom stereocenters. The third-order valence-corrected chi connectivity index (χ3v) is 7.25. The maximum atomic E-state index is 14.7. The molecule has 0 saturated heterocycles. The van der Waals surface area contributed by atoms with Gasteiger partial charge >= 0.3 is 5.97 Å². The molecule has 0 bridgehead atoms. The van der Waals surface area contributed by atoms with Gasteiger partial charge in [-0.1, -0.05) is 31.2 Å². The highest BCUT2D eigenvalue weighted by Crippen LogP contribution is 2.27. The van der Waals surface area contributed by atoms with Crippen LogP contribution >= 0.6 is 0 Å². The van der Waals surface area contributed by atoms with Gasteiger partial charge in [-0.05, 0) is 94.2 Å². The first-order valence-corrected chi connectivity index (χ1v) is 17.4. The predicted octanol–water partition coefficient (Wildman–Crippen LogP) is 7.59. The van der Waals surface area contributed by atoms with Gasteiger partial charge in [0, 0.05) is 25.9 Å². The molecule has 2 rings (SSSR count). The molecule has 0 heterocycles. The third-order valence-electron chi connectivity index (χ3n) is 7.25. The third kappa shape index (κ3) is 19.7. The van der Waals surface area contributed by atoms with Gasteiger partial charge in [0.1, 0.15) is 11.9 Å². The van der Waals surface area contributed by atoms with Crippen molar-refractivity contribution < 1.29 is 47.1 Å². The largest absolute Gasteiger partial charge is 0.494 e. The highest BCUT2D eigenvalue weighted by molar-refractivity contribution is 5.81. The molecule has 270 valence electrons. The summed E-state index contributed by atoms with van der Waals surface area (Å²) in [6, 6.07) is 12.7. The van der Waals surface area contributed by atoms with Crippen molar-refractivity contribution in [2.45, 2.75) is 71.3 Å². The molecule has 0 saturated carbocycles. The number of ether oxygens (including phenoxy) is 8. The summed E-state index contributed by atoms with van der Waals surface area (Å²) < 4.78 is 59.2. The zero-order valence-electron chi connectivity index (χ0n) is 29.1. The fourth-order valence-electron chi connectivity index (χ4n) is 4.61. The van der Waals surface area contributed by atoms with E-state index < -0.39 is 5.97 Å². The fourth-order valence-corrected chi connectivity index (χ4v) is 4.61. The SMILES string of the molecule is C=CC(=O)OCCCCCCOc1ccc(-c2ccc(OCCCCCCOCC(COCC)OCCOCCOCC)cc2)cc1F. The van der Waals surface area contributed by atoms with Crippen molar-refractivity contribution >= 4 is 5.97 Å². The summed E-state index contributed by atoms with van der Waals surface area (Å²) in [5, 5.41) is 0. The van der Waals surface area contributed by atoms with Crippen LogP contribution in [0.15, 0.2) is 55.1 Å². The van der Waals surface area contributed by atoms with Gasteiger partial charge in [-0.15, -0.1) is 0 Å². The van der Waals surface area contributed by atoms with Crippen LogP contribution in [-0.4, -0.2) is 91.4 Å². The number of carbonyl (C=O) groups is 1. The number of benzene rings is 2. The number of esters is 1.